The van der Waals surface area contributed by atoms with Crippen LogP contribution in [-0.2, 0) is 11.8 Å². The van der Waals surface area contributed by atoms with Crippen LogP contribution < -0.4 is 5.32 Å². The molecule has 2 aromatic rings. The van der Waals surface area contributed by atoms with Crippen molar-refractivity contribution in [2.24, 2.45) is 7.05 Å². The second-order valence-corrected chi connectivity index (χ2v) is 5.61. The molecule has 0 aromatic carbocycles. The van der Waals surface area contributed by atoms with Crippen LogP contribution in [0.15, 0.2) is 23.4 Å². The molecule has 106 valence electrons. The van der Waals surface area contributed by atoms with Crippen molar-refractivity contribution in [1.82, 2.24) is 14.8 Å². The van der Waals surface area contributed by atoms with Crippen molar-refractivity contribution in [1.29, 1.82) is 5.26 Å². The molecular formula is C14H13N5OS. The molecule has 0 fully saturated rings. The third-order valence-electron chi connectivity index (χ3n) is 3.43. The molecule has 1 atom stereocenters. The Kier molecular flexibility index (Phi) is 3.39. The van der Waals surface area contributed by atoms with Gasteiger partial charge in [0.05, 0.1) is 5.56 Å². The number of fused-ring (bicyclic) bond motifs is 1. The van der Waals surface area contributed by atoms with Gasteiger partial charge in [0.25, 0.3) is 0 Å². The fourth-order valence-corrected chi connectivity index (χ4v) is 3.02. The van der Waals surface area contributed by atoms with E-state index in [1.54, 1.807) is 10.7 Å². The van der Waals surface area contributed by atoms with Crippen LogP contribution in [-0.4, -0.2) is 26.9 Å². The molecule has 1 aliphatic rings. The van der Waals surface area contributed by atoms with Gasteiger partial charge in [0.15, 0.2) is 5.82 Å². The number of nitriles is 1. The Bertz CT molecular complexity index is 761. The zero-order valence-corrected chi connectivity index (χ0v) is 12.4. The fourth-order valence-electron chi connectivity index (χ4n) is 2.49. The highest BCUT2D eigenvalue weighted by Gasteiger charge is 2.30. The molecule has 0 saturated heterocycles. The predicted molar refractivity (Wildman–Crippen MR) is 79.0 cm³/mol. The zero-order valence-electron chi connectivity index (χ0n) is 11.6. The smallest absolute Gasteiger partial charge is 0.226 e. The third-order valence-corrected chi connectivity index (χ3v) is 4.13. The minimum Gasteiger partial charge on any atom is -0.309 e. The molecular weight excluding hydrogens is 286 g/mol. The lowest BCUT2D eigenvalue weighted by atomic mass is 9.90. The van der Waals surface area contributed by atoms with Gasteiger partial charge < -0.3 is 5.32 Å². The SMILES string of the molecule is CSc1nc(C2CC(=O)Nc3nn(C)cc32)ccc1C#N. The van der Waals surface area contributed by atoms with Gasteiger partial charge in [-0.2, -0.15) is 10.4 Å². The Balaban J connectivity index is 2.08. The maximum Gasteiger partial charge on any atom is 0.226 e. The van der Waals surface area contributed by atoms with Crippen molar-refractivity contribution < 1.29 is 4.79 Å². The highest BCUT2D eigenvalue weighted by molar-refractivity contribution is 7.98. The van der Waals surface area contributed by atoms with Crippen LogP contribution in [0, 0.1) is 11.3 Å². The molecule has 2 aromatic heterocycles. The van der Waals surface area contributed by atoms with Gasteiger partial charge in [0, 0.05) is 36.8 Å². The van der Waals surface area contributed by atoms with Gasteiger partial charge in [0.1, 0.15) is 11.1 Å². The van der Waals surface area contributed by atoms with E-state index in [0.29, 0.717) is 22.8 Å². The summed E-state index contributed by atoms with van der Waals surface area (Å²) < 4.78 is 1.68. The van der Waals surface area contributed by atoms with Crippen LogP contribution in [0.3, 0.4) is 0 Å². The van der Waals surface area contributed by atoms with Gasteiger partial charge >= 0.3 is 0 Å². The first-order valence-corrected chi connectivity index (χ1v) is 7.63. The molecule has 0 saturated carbocycles. The van der Waals surface area contributed by atoms with Gasteiger partial charge in [-0.15, -0.1) is 11.8 Å². The number of pyridine rings is 1. The Labute approximate surface area is 126 Å². The lowest BCUT2D eigenvalue weighted by Gasteiger charge is -2.21. The highest BCUT2D eigenvalue weighted by atomic mass is 32.2. The lowest BCUT2D eigenvalue weighted by molar-refractivity contribution is -0.116. The minimum atomic E-state index is -0.124. The number of rotatable bonds is 2. The van der Waals surface area contributed by atoms with E-state index >= 15 is 0 Å². The summed E-state index contributed by atoms with van der Waals surface area (Å²) in [5.74, 6) is 0.403. The Morgan fingerprint density at radius 3 is 3.05 bits per heavy atom. The van der Waals surface area contributed by atoms with E-state index in [1.807, 2.05) is 25.6 Å². The van der Waals surface area contributed by atoms with Gasteiger partial charge in [-0.25, -0.2) is 4.98 Å². The first-order valence-electron chi connectivity index (χ1n) is 6.40. The highest BCUT2D eigenvalue weighted by Crippen LogP contribution is 2.36. The quantitative estimate of drug-likeness (QED) is 0.856. The normalized spacial score (nSPS) is 17.0. The topological polar surface area (TPSA) is 83.6 Å². The van der Waals surface area contributed by atoms with E-state index in [0.717, 1.165) is 11.3 Å². The fraction of sp³-hybridized carbons (Fsp3) is 0.286. The van der Waals surface area contributed by atoms with Crippen LogP contribution in [0.4, 0.5) is 5.82 Å². The molecule has 1 unspecified atom stereocenters. The number of carbonyl (C=O) groups is 1. The zero-order chi connectivity index (χ0) is 15.0. The van der Waals surface area contributed by atoms with Crippen molar-refractivity contribution in [3.8, 4) is 6.07 Å². The van der Waals surface area contributed by atoms with Gasteiger partial charge in [-0.05, 0) is 18.4 Å². The van der Waals surface area contributed by atoms with E-state index in [9.17, 15) is 4.79 Å². The van der Waals surface area contributed by atoms with Crippen LogP contribution in [0.25, 0.3) is 0 Å². The Hall–Kier alpha value is -2.33. The molecule has 1 amide bonds. The van der Waals surface area contributed by atoms with E-state index < -0.39 is 0 Å². The largest absolute Gasteiger partial charge is 0.309 e. The molecule has 7 heteroatoms. The number of aryl methyl sites for hydroxylation is 1. The second kappa shape index (κ2) is 5.22. The first-order chi connectivity index (χ1) is 10.1. The van der Waals surface area contributed by atoms with Gasteiger partial charge in [-0.1, -0.05) is 0 Å². The summed E-state index contributed by atoms with van der Waals surface area (Å²) in [5, 5.41) is 16.8. The van der Waals surface area contributed by atoms with Crippen LogP contribution in [0.5, 0.6) is 0 Å². The summed E-state index contributed by atoms with van der Waals surface area (Å²) in [6.45, 7) is 0. The average molecular weight is 299 g/mol. The Morgan fingerprint density at radius 1 is 1.52 bits per heavy atom. The van der Waals surface area contributed by atoms with E-state index in [4.69, 9.17) is 5.26 Å². The third kappa shape index (κ3) is 2.38. The standard InChI is InChI=1S/C14H13N5OS/c1-19-7-10-9(5-12(20)17-13(10)18-19)11-4-3-8(6-15)14(16-11)21-2/h3-4,7,9H,5H2,1-2H3,(H,17,18,20). The Morgan fingerprint density at radius 2 is 2.33 bits per heavy atom. The molecule has 3 rings (SSSR count). The van der Waals surface area contributed by atoms with Crippen LogP contribution >= 0.6 is 11.8 Å². The van der Waals surface area contributed by atoms with Gasteiger partial charge in [0.2, 0.25) is 5.91 Å². The number of thioether (sulfide) groups is 1. The molecule has 6 nitrogen and oxygen atoms in total. The predicted octanol–water partition coefficient (Wildman–Crippen LogP) is 1.88. The number of anilines is 1. The number of carbonyl (C=O) groups excluding carboxylic acids is 1. The number of aromatic nitrogens is 3. The molecule has 0 aliphatic carbocycles. The molecule has 21 heavy (non-hydrogen) atoms. The molecule has 1 N–H and O–H groups in total. The molecule has 0 radical (unpaired) electrons. The number of nitrogens with zero attached hydrogens (tertiary/aromatic N) is 4. The van der Waals surface area contributed by atoms with Crippen LogP contribution in [0.1, 0.15) is 29.2 Å². The summed E-state index contributed by atoms with van der Waals surface area (Å²) >= 11 is 1.43. The van der Waals surface area contributed by atoms with Crippen molar-refractivity contribution in [3.63, 3.8) is 0 Å². The monoisotopic (exact) mass is 299 g/mol. The van der Waals surface area contributed by atoms with E-state index in [1.165, 1.54) is 11.8 Å². The molecule has 1 aliphatic heterocycles. The minimum absolute atomic E-state index is 0.0666. The number of hydrogen-bond donors (Lipinski definition) is 1. The van der Waals surface area contributed by atoms with Crippen molar-refractivity contribution >= 4 is 23.5 Å². The van der Waals surface area contributed by atoms with Crippen LogP contribution in [0.2, 0.25) is 0 Å². The average Bonchev–Trinajstić information content (AvgIpc) is 2.85. The lowest BCUT2D eigenvalue weighted by Crippen LogP contribution is -2.23. The summed E-state index contributed by atoms with van der Waals surface area (Å²) in [5.41, 5.74) is 2.31. The summed E-state index contributed by atoms with van der Waals surface area (Å²) in [7, 11) is 1.82. The van der Waals surface area contributed by atoms with Crippen molar-refractivity contribution in [3.05, 3.63) is 35.2 Å². The first kappa shape index (κ1) is 13.6. The van der Waals surface area contributed by atoms with Crippen molar-refractivity contribution in [2.45, 2.75) is 17.4 Å². The maximum atomic E-state index is 11.9. The molecule has 0 spiro atoms. The van der Waals surface area contributed by atoms with Gasteiger partial charge in [-0.3, -0.25) is 9.48 Å². The summed E-state index contributed by atoms with van der Waals surface area (Å²) in [6.07, 6.45) is 4.12. The summed E-state index contributed by atoms with van der Waals surface area (Å²) in [6, 6.07) is 5.71. The number of nitrogens with one attached hydrogen (secondary N) is 1. The molecule has 0 bridgehead atoms. The van der Waals surface area contributed by atoms with E-state index in [-0.39, 0.29) is 11.8 Å². The summed E-state index contributed by atoms with van der Waals surface area (Å²) in [4.78, 5) is 16.4. The second-order valence-electron chi connectivity index (χ2n) is 4.82. The number of amides is 1. The molecule has 3 heterocycles. The number of hydrogen-bond acceptors (Lipinski definition) is 5. The van der Waals surface area contributed by atoms with Crippen molar-refractivity contribution in [2.75, 3.05) is 11.6 Å². The van der Waals surface area contributed by atoms with E-state index in [2.05, 4.69) is 21.5 Å². The maximum absolute atomic E-state index is 11.9.